The van der Waals surface area contributed by atoms with E-state index in [4.69, 9.17) is 4.74 Å². The zero-order valence-electron chi connectivity index (χ0n) is 8.95. The fourth-order valence-electron chi connectivity index (χ4n) is 2.34. The standard InChI is InChI=1S/C11H14BrN3O/c12-8-5-10-11(14-6-8)15-3-2-13-7-9(15)1-4-16-10/h5-6,9,13H,1-4,7H2/t9-/m1/s1. The first-order chi connectivity index (χ1) is 7.84. The number of fused-ring (bicyclic) bond motifs is 3. The van der Waals surface area contributed by atoms with Gasteiger partial charge >= 0.3 is 0 Å². The summed E-state index contributed by atoms with van der Waals surface area (Å²) < 4.78 is 6.73. The van der Waals surface area contributed by atoms with E-state index < -0.39 is 0 Å². The highest BCUT2D eigenvalue weighted by Gasteiger charge is 2.28. The normalized spacial score (nSPS) is 24.1. The van der Waals surface area contributed by atoms with Crippen molar-refractivity contribution in [2.24, 2.45) is 0 Å². The molecule has 1 saturated heterocycles. The van der Waals surface area contributed by atoms with E-state index >= 15 is 0 Å². The second-order valence-corrected chi connectivity index (χ2v) is 5.08. The molecule has 0 aliphatic carbocycles. The zero-order chi connectivity index (χ0) is 11.0. The van der Waals surface area contributed by atoms with E-state index in [1.54, 1.807) is 0 Å². The number of piperazine rings is 1. The molecule has 0 bridgehead atoms. The van der Waals surface area contributed by atoms with E-state index in [0.717, 1.165) is 48.7 Å². The predicted octanol–water partition coefficient (Wildman–Crippen LogP) is 1.40. The van der Waals surface area contributed by atoms with Gasteiger partial charge in [0, 0.05) is 42.8 Å². The van der Waals surface area contributed by atoms with Crippen molar-refractivity contribution in [1.29, 1.82) is 0 Å². The van der Waals surface area contributed by atoms with E-state index in [9.17, 15) is 0 Å². The Hall–Kier alpha value is -0.810. The third kappa shape index (κ3) is 1.78. The second kappa shape index (κ2) is 4.22. The minimum atomic E-state index is 0.517. The first-order valence-electron chi connectivity index (χ1n) is 5.60. The quantitative estimate of drug-likeness (QED) is 0.781. The van der Waals surface area contributed by atoms with Crippen LogP contribution in [-0.2, 0) is 0 Å². The van der Waals surface area contributed by atoms with Gasteiger partial charge in [-0.15, -0.1) is 0 Å². The van der Waals surface area contributed by atoms with Gasteiger partial charge in [0.1, 0.15) is 0 Å². The highest BCUT2D eigenvalue weighted by molar-refractivity contribution is 9.10. The van der Waals surface area contributed by atoms with Crippen molar-refractivity contribution in [2.75, 3.05) is 31.1 Å². The number of hydrogen-bond donors (Lipinski definition) is 1. The van der Waals surface area contributed by atoms with Crippen LogP contribution < -0.4 is 15.0 Å². The first kappa shape index (κ1) is 10.4. The highest BCUT2D eigenvalue weighted by atomic mass is 79.9. The zero-order valence-corrected chi connectivity index (χ0v) is 10.5. The Balaban J connectivity index is 2.00. The molecule has 5 heteroatoms. The molecule has 0 radical (unpaired) electrons. The average Bonchev–Trinajstić information content (AvgIpc) is 2.47. The maximum absolute atomic E-state index is 5.76. The van der Waals surface area contributed by atoms with Crippen molar-refractivity contribution in [2.45, 2.75) is 12.5 Å². The van der Waals surface area contributed by atoms with Crippen LogP contribution in [0.4, 0.5) is 5.82 Å². The molecule has 16 heavy (non-hydrogen) atoms. The molecule has 4 nitrogen and oxygen atoms in total. The molecule has 1 fully saturated rings. The fraction of sp³-hybridized carbons (Fsp3) is 0.545. The van der Waals surface area contributed by atoms with Crippen molar-refractivity contribution in [1.82, 2.24) is 10.3 Å². The van der Waals surface area contributed by atoms with E-state index in [1.165, 1.54) is 0 Å². The van der Waals surface area contributed by atoms with Gasteiger partial charge < -0.3 is 15.0 Å². The summed E-state index contributed by atoms with van der Waals surface area (Å²) in [5.41, 5.74) is 0. The summed E-state index contributed by atoms with van der Waals surface area (Å²) in [6.45, 7) is 3.83. The SMILES string of the molecule is Brc1cnc2c(c1)OCC[C@@H]1CNCCN21. The number of aromatic nitrogens is 1. The van der Waals surface area contributed by atoms with Crippen molar-refractivity contribution in [3.05, 3.63) is 16.7 Å². The Morgan fingerprint density at radius 1 is 1.56 bits per heavy atom. The molecular formula is C11H14BrN3O. The number of anilines is 1. The average molecular weight is 284 g/mol. The highest BCUT2D eigenvalue weighted by Crippen LogP contribution is 2.33. The summed E-state index contributed by atoms with van der Waals surface area (Å²) >= 11 is 3.43. The van der Waals surface area contributed by atoms with Crippen LogP contribution in [0.15, 0.2) is 16.7 Å². The molecule has 0 spiro atoms. The molecule has 2 aliphatic heterocycles. The molecule has 0 amide bonds. The van der Waals surface area contributed by atoms with Gasteiger partial charge in [-0.1, -0.05) is 0 Å². The molecule has 3 rings (SSSR count). The lowest BCUT2D eigenvalue weighted by Crippen LogP contribution is -2.51. The van der Waals surface area contributed by atoms with Crippen LogP contribution in [0.1, 0.15) is 6.42 Å². The Kier molecular flexibility index (Phi) is 2.73. The lowest BCUT2D eigenvalue weighted by molar-refractivity contribution is 0.303. The van der Waals surface area contributed by atoms with Crippen LogP contribution in [0.3, 0.4) is 0 Å². The van der Waals surface area contributed by atoms with E-state index in [1.807, 2.05) is 12.3 Å². The largest absolute Gasteiger partial charge is 0.490 e. The number of rotatable bonds is 0. The predicted molar refractivity (Wildman–Crippen MR) is 66.1 cm³/mol. The molecule has 1 aromatic heterocycles. The first-order valence-corrected chi connectivity index (χ1v) is 6.39. The van der Waals surface area contributed by atoms with Crippen LogP contribution in [0, 0.1) is 0 Å². The van der Waals surface area contributed by atoms with Crippen molar-refractivity contribution >= 4 is 21.7 Å². The van der Waals surface area contributed by atoms with Crippen LogP contribution in [0.5, 0.6) is 5.75 Å². The third-order valence-electron chi connectivity index (χ3n) is 3.13. The Bertz CT molecular complexity index is 399. The molecule has 86 valence electrons. The molecule has 1 aromatic rings. The van der Waals surface area contributed by atoms with Crippen LogP contribution in [0.2, 0.25) is 0 Å². The third-order valence-corrected chi connectivity index (χ3v) is 3.56. The number of ether oxygens (including phenoxy) is 1. The van der Waals surface area contributed by atoms with E-state index in [0.29, 0.717) is 6.04 Å². The molecule has 0 unspecified atom stereocenters. The van der Waals surface area contributed by atoms with Crippen molar-refractivity contribution in [3.8, 4) is 5.75 Å². The fourth-order valence-corrected chi connectivity index (χ4v) is 2.65. The van der Waals surface area contributed by atoms with Gasteiger partial charge in [0.2, 0.25) is 0 Å². The maximum atomic E-state index is 5.76. The van der Waals surface area contributed by atoms with Gasteiger partial charge in [0.25, 0.3) is 0 Å². The van der Waals surface area contributed by atoms with Gasteiger partial charge in [0.15, 0.2) is 11.6 Å². The van der Waals surface area contributed by atoms with E-state index in [-0.39, 0.29) is 0 Å². The minimum absolute atomic E-state index is 0.517. The molecule has 0 aromatic carbocycles. The number of nitrogens with one attached hydrogen (secondary N) is 1. The van der Waals surface area contributed by atoms with Crippen LogP contribution in [0.25, 0.3) is 0 Å². The summed E-state index contributed by atoms with van der Waals surface area (Å²) in [7, 11) is 0. The molecule has 1 atom stereocenters. The molecule has 2 aliphatic rings. The summed E-state index contributed by atoms with van der Waals surface area (Å²) in [6, 6.07) is 2.52. The number of halogens is 1. The van der Waals surface area contributed by atoms with Gasteiger partial charge in [-0.25, -0.2) is 4.98 Å². The van der Waals surface area contributed by atoms with Gasteiger partial charge in [0.05, 0.1) is 6.61 Å². The Labute approximate surface area is 103 Å². The van der Waals surface area contributed by atoms with Crippen molar-refractivity contribution < 1.29 is 4.74 Å². The molecule has 3 heterocycles. The Morgan fingerprint density at radius 2 is 2.50 bits per heavy atom. The van der Waals surface area contributed by atoms with Crippen molar-refractivity contribution in [3.63, 3.8) is 0 Å². The number of nitrogens with zero attached hydrogens (tertiary/aromatic N) is 2. The van der Waals surface area contributed by atoms with E-state index in [2.05, 4.69) is 31.1 Å². The monoisotopic (exact) mass is 283 g/mol. The summed E-state index contributed by atoms with van der Waals surface area (Å²) in [4.78, 5) is 6.86. The Morgan fingerprint density at radius 3 is 3.44 bits per heavy atom. The van der Waals surface area contributed by atoms with Crippen LogP contribution >= 0.6 is 15.9 Å². The lowest BCUT2D eigenvalue weighted by atomic mass is 10.1. The molecule has 0 saturated carbocycles. The molecular weight excluding hydrogens is 270 g/mol. The minimum Gasteiger partial charge on any atom is -0.490 e. The van der Waals surface area contributed by atoms with Gasteiger partial charge in [-0.3, -0.25) is 0 Å². The van der Waals surface area contributed by atoms with Gasteiger partial charge in [-0.2, -0.15) is 0 Å². The smallest absolute Gasteiger partial charge is 0.171 e. The topological polar surface area (TPSA) is 37.4 Å². The van der Waals surface area contributed by atoms with Gasteiger partial charge in [-0.05, 0) is 22.0 Å². The second-order valence-electron chi connectivity index (χ2n) is 4.16. The molecule has 1 N–H and O–H groups in total. The maximum Gasteiger partial charge on any atom is 0.171 e. The summed E-state index contributed by atoms with van der Waals surface area (Å²) in [5.74, 6) is 1.89. The van der Waals surface area contributed by atoms with Crippen LogP contribution in [-0.4, -0.2) is 37.3 Å². The number of hydrogen-bond acceptors (Lipinski definition) is 4. The number of pyridine rings is 1. The lowest BCUT2D eigenvalue weighted by Gasteiger charge is -2.35. The summed E-state index contributed by atoms with van der Waals surface area (Å²) in [6.07, 6.45) is 2.90. The summed E-state index contributed by atoms with van der Waals surface area (Å²) in [5, 5.41) is 3.42.